The molecule has 1 atom stereocenters. The zero-order valence-corrected chi connectivity index (χ0v) is 13.7. The van der Waals surface area contributed by atoms with Crippen LogP contribution in [-0.4, -0.2) is 46.9 Å². The van der Waals surface area contributed by atoms with E-state index < -0.39 is 35.7 Å². The number of hydrogen-bond acceptors (Lipinski definition) is 3. The summed E-state index contributed by atoms with van der Waals surface area (Å²) in [6.45, 7) is 5.33. The fourth-order valence-corrected chi connectivity index (χ4v) is 2.73. The molecular weight excluding hydrogens is 315 g/mol. The Balaban J connectivity index is 2.76. The minimum atomic E-state index is -4.31. The van der Waals surface area contributed by atoms with E-state index in [0.717, 1.165) is 0 Å². The Hall–Kier alpha value is -1.47. The molecule has 23 heavy (non-hydrogen) atoms. The van der Waals surface area contributed by atoms with Gasteiger partial charge in [0.05, 0.1) is 5.41 Å². The molecule has 0 saturated carbocycles. The fraction of sp³-hybridized carbons (Fsp3) is 0.867. The van der Waals surface area contributed by atoms with E-state index in [4.69, 9.17) is 4.74 Å². The van der Waals surface area contributed by atoms with Crippen LogP contribution in [0.15, 0.2) is 0 Å². The third kappa shape index (κ3) is 6.27. The Kier molecular flexibility index (Phi) is 5.93. The average molecular weight is 339 g/mol. The van der Waals surface area contributed by atoms with Gasteiger partial charge in [-0.3, -0.25) is 4.79 Å². The topological polar surface area (TPSA) is 66.8 Å². The third-order valence-electron chi connectivity index (χ3n) is 3.80. The lowest BCUT2D eigenvalue weighted by Gasteiger charge is -2.40. The summed E-state index contributed by atoms with van der Waals surface area (Å²) in [6, 6.07) is 0. The van der Waals surface area contributed by atoms with E-state index in [2.05, 4.69) is 0 Å². The van der Waals surface area contributed by atoms with E-state index >= 15 is 0 Å². The van der Waals surface area contributed by atoms with E-state index in [1.165, 1.54) is 4.90 Å². The lowest BCUT2D eigenvalue weighted by molar-refractivity contribution is -0.156. The summed E-state index contributed by atoms with van der Waals surface area (Å²) in [7, 11) is 0. The average Bonchev–Trinajstić information content (AvgIpc) is 2.35. The molecule has 0 aliphatic carbocycles. The van der Waals surface area contributed by atoms with Crippen molar-refractivity contribution < 1.29 is 32.6 Å². The van der Waals surface area contributed by atoms with Crippen molar-refractivity contribution in [1.82, 2.24) is 4.90 Å². The highest BCUT2D eigenvalue weighted by Gasteiger charge is 2.44. The van der Waals surface area contributed by atoms with E-state index in [1.54, 1.807) is 20.8 Å². The van der Waals surface area contributed by atoms with Gasteiger partial charge in [-0.25, -0.2) is 4.79 Å². The SMILES string of the molecule is CC(C)(C)OC(=O)N1CCCC(CCCC(F)(F)F)(C(=O)O)C1. The van der Waals surface area contributed by atoms with E-state index in [0.29, 0.717) is 13.0 Å². The Morgan fingerprint density at radius 1 is 1.26 bits per heavy atom. The van der Waals surface area contributed by atoms with Crippen LogP contribution in [0.2, 0.25) is 0 Å². The van der Waals surface area contributed by atoms with Gasteiger partial charge in [0.25, 0.3) is 0 Å². The van der Waals surface area contributed by atoms with Crippen molar-refractivity contribution in [2.24, 2.45) is 5.41 Å². The van der Waals surface area contributed by atoms with Gasteiger partial charge in [0.15, 0.2) is 0 Å². The molecule has 1 amide bonds. The highest BCUT2D eigenvalue weighted by molar-refractivity contribution is 5.77. The number of likely N-dealkylation sites (tertiary alicyclic amines) is 1. The number of carboxylic acids is 1. The van der Waals surface area contributed by atoms with Gasteiger partial charge >= 0.3 is 18.2 Å². The molecule has 0 bridgehead atoms. The number of amides is 1. The second kappa shape index (κ2) is 6.97. The Morgan fingerprint density at radius 3 is 2.35 bits per heavy atom. The molecule has 0 aromatic rings. The van der Waals surface area contributed by atoms with Gasteiger partial charge in [-0.1, -0.05) is 0 Å². The highest BCUT2D eigenvalue weighted by Crippen LogP contribution is 2.37. The fourth-order valence-electron chi connectivity index (χ4n) is 2.73. The molecule has 5 nitrogen and oxygen atoms in total. The van der Waals surface area contributed by atoms with Gasteiger partial charge in [0, 0.05) is 19.5 Å². The van der Waals surface area contributed by atoms with Crippen molar-refractivity contribution in [3.05, 3.63) is 0 Å². The summed E-state index contributed by atoms with van der Waals surface area (Å²) >= 11 is 0. The Labute approximate surface area is 133 Å². The van der Waals surface area contributed by atoms with Crippen LogP contribution < -0.4 is 0 Å². The van der Waals surface area contributed by atoms with Crippen molar-refractivity contribution in [3.63, 3.8) is 0 Å². The van der Waals surface area contributed by atoms with Crippen LogP contribution in [0.5, 0.6) is 0 Å². The number of carbonyl (C=O) groups is 2. The molecule has 0 radical (unpaired) electrons. The van der Waals surface area contributed by atoms with Crippen LogP contribution in [0.3, 0.4) is 0 Å². The van der Waals surface area contributed by atoms with Crippen LogP contribution in [0.25, 0.3) is 0 Å². The second-order valence-corrected chi connectivity index (χ2v) is 7.06. The maximum atomic E-state index is 12.3. The molecule has 1 aliphatic rings. The molecule has 0 spiro atoms. The molecule has 0 aromatic carbocycles. The Morgan fingerprint density at radius 2 is 1.87 bits per heavy atom. The zero-order chi connectivity index (χ0) is 17.9. The summed E-state index contributed by atoms with van der Waals surface area (Å²) in [5.41, 5.74) is -2.04. The first kappa shape index (κ1) is 19.6. The number of piperidine rings is 1. The van der Waals surface area contributed by atoms with Gasteiger partial charge in [0.2, 0.25) is 0 Å². The molecule has 1 fully saturated rings. The van der Waals surface area contributed by atoms with Crippen LogP contribution in [0, 0.1) is 5.41 Å². The van der Waals surface area contributed by atoms with Crippen LogP contribution >= 0.6 is 0 Å². The number of hydrogen-bond donors (Lipinski definition) is 1. The highest BCUT2D eigenvalue weighted by atomic mass is 19.4. The number of aliphatic carboxylic acids is 1. The van der Waals surface area contributed by atoms with Gasteiger partial charge in [0.1, 0.15) is 5.60 Å². The van der Waals surface area contributed by atoms with Gasteiger partial charge in [-0.15, -0.1) is 0 Å². The second-order valence-electron chi connectivity index (χ2n) is 7.06. The molecule has 1 heterocycles. The Bertz CT molecular complexity index is 445. The molecule has 1 saturated heterocycles. The first-order valence-corrected chi connectivity index (χ1v) is 7.63. The predicted molar refractivity (Wildman–Crippen MR) is 77.0 cm³/mol. The largest absolute Gasteiger partial charge is 0.481 e. The standard InChI is InChI=1S/C15H24F3NO4/c1-13(2,3)23-12(22)19-9-5-7-14(10-19,11(20)21)6-4-8-15(16,17)18/h4-10H2,1-3H3,(H,20,21). The zero-order valence-electron chi connectivity index (χ0n) is 13.7. The third-order valence-corrected chi connectivity index (χ3v) is 3.80. The summed E-state index contributed by atoms with van der Waals surface area (Å²) in [5, 5.41) is 9.49. The van der Waals surface area contributed by atoms with E-state index in [9.17, 15) is 27.9 Å². The number of nitrogens with zero attached hydrogens (tertiary/aromatic N) is 1. The van der Waals surface area contributed by atoms with E-state index in [-0.39, 0.29) is 25.8 Å². The lowest BCUT2D eigenvalue weighted by Crippen LogP contribution is -2.51. The molecule has 1 N–H and O–H groups in total. The molecule has 134 valence electrons. The van der Waals surface area contributed by atoms with E-state index in [1.807, 2.05) is 0 Å². The maximum Gasteiger partial charge on any atom is 0.410 e. The summed E-state index contributed by atoms with van der Waals surface area (Å²) in [5.74, 6) is -1.16. The van der Waals surface area contributed by atoms with Crippen LogP contribution in [-0.2, 0) is 9.53 Å². The molecule has 1 unspecified atom stereocenters. The van der Waals surface area contributed by atoms with Crippen LogP contribution in [0.1, 0.15) is 52.9 Å². The number of alkyl halides is 3. The van der Waals surface area contributed by atoms with Crippen molar-refractivity contribution >= 4 is 12.1 Å². The maximum absolute atomic E-state index is 12.3. The number of ether oxygens (including phenoxy) is 1. The monoisotopic (exact) mass is 339 g/mol. The van der Waals surface area contributed by atoms with Crippen LogP contribution in [0.4, 0.5) is 18.0 Å². The van der Waals surface area contributed by atoms with Gasteiger partial charge in [-0.2, -0.15) is 13.2 Å². The molecule has 1 rings (SSSR count). The summed E-state index contributed by atoms with van der Waals surface area (Å²) in [6.07, 6.45) is -5.64. The summed E-state index contributed by atoms with van der Waals surface area (Å²) in [4.78, 5) is 25.0. The normalized spacial score (nSPS) is 22.8. The first-order chi connectivity index (χ1) is 10.3. The minimum Gasteiger partial charge on any atom is -0.481 e. The molecule has 8 heteroatoms. The minimum absolute atomic E-state index is 0.110. The van der Waals surface area contributed by atoms with Gasteiger partial charge < -0.3 is 14.7 Å². The number of halogens is 3. The number of carboxylic acid groups (broad SMARTS) is 1. The first-order valence-electron chi connectivity index (χ1n) is 7.63. The van der Waals surface area contributed by atoms with Gasteiger partial charge in [-0.05, 0) is 46.5 Å². The van der Waals surface area contributed by atoms with Crippen molar-refractivity contribution in [2.45, 2.75) is 64.7 Å². The van der Waals surface area contributed by atoms with Crippen molar-refractivity contribution in [1.29, 1.82) is 0 Å². The van der Waals surface area contributed by atoms with Crippen molar-refractivity contribution in [3.8, 4) is 0 Å². The number of rotatable bonds is 4. The van der Waals surface area contributed by atoms with Crippen molar-refractivity contribution in [2.75, 3.05) is 13.1 Å². The summed E-state index contributed by atoms with van der Waals surface area (Å²) < 4.78 is 42.1. The predicted octanol–water partition coefficient (Wildman–Crippen LogP) is 3.82. The number of carbonyl (C=O) groups excluding carboxylic acids is 1. The molecule has 1 aliphatic heterocycles. The quantitative estimate of drug-likeness (QED) is 0.845. The molecule has 0 aromatic heterocycles. The smallest absolute Gasteiger partial charge is 0.410 e. The molecular formula is C15H24F3NO4. The lowest BCUT2D eigenvalue weighted by atomic mass is 9.76.